The molecule has 0 aliphatic heterocycles. The molecule has 0 saturated carbocycles. The zero-order chi connectivity index (χ0) is 8.97. The van der Waals surface area contributed by atoms with Crippen molar-refractivity contribution < 1.29 is 4.84 Å². The van der Waals surface area contributed by atoms with E-state index in [0.717, 1.165) is 11.4 Å². The molecule has 0 atom stereocenters. The first-order valence-corrected chi connectivity index (χ1v) is 3.97. The zero-order valence-electron chi connectivity index (χ0n) is 7.45. The second kappa shape index (κ2) is 3.97. The molecule has 66 valence electrons. The van der Waals surface area contributed by atoms with Crippen LogP contribution in [-0.2, 0) is 4.84 Å². The van der Waals surface area contributed by atoms with Crippen LogP contribution in [0.1, 0.15) is 6.92 Å². The predicted molar refractivity (Wildman–Crippen MR) is 50.9 cm³/mol. The predicted octanol–water partition coefficient (Wildman–Crippen LogP) is 1.66. The van der Waals surface area contributed by atoms with Crippen molar-refractivity contribution in [3.05, 3.63) is 24.3 Å². The SMILES string of the molecule is CCON(C)c1ccccc1N. The molecule has 0 radical (unpaired) electrons. The van der Waals surface area contributed by atoms with Crippen LogP contribution >= 0.6 is 0 Å². The van der Waals surface area contributed by atoms with Gasteiger partial charge in [0.25, 0.3) is 0 Å². The number of rotatable bonds is 3. The maximum Gasteiger partial charge on any atom is 0.0862 e. The Hall–Kier alpha value is -1.22. The number of hydrogen-bond donors (Lipinski definition) is 1. The van der Waals surface area contributed by atoms with Crippen molar-refractivity contribution in [1.82, 2.24) is 0 Å². The number of nitrogens with two attached hydrogens (primary N) is 1. The van der Waals surface area contributed by atoms with Gasteiger partial charge in [-0.1, -0.05) is 12.1 Å². The van der Waals surface area contributed by atoms with Gasteiger partial charge in [0.2, 0.25) is 0 Å². The fraction of sp³-hybridized carbons (Fsp3) is 0.333. The highest BCUT2D eigenvalue weighted by Gasteiger charge is 2.02. The van der Waals surface area contributed by atoms with Gasteiger partial charge in [-0.15, -0.1) is 0 Å². The molecule has 0 bridgehead atoms. The Labute approximate surface area is 72.7 Å². The van der Waals surface area contributed by atoms with Gasteiger partial charge >= 0.3 is 0 Å². The van der Waals surface area contributed by atoms with Gasteiger partial charge in [-0.25, -0.2) is 0 Å². The average molecular weight is 166 g/mol. The normalized spacial score (nSPS) is 9.83. The minimum Gasteiger partial charge on any atom is -0.397 e. The number of nitrogen functional groups attached to an aromatic ring is 1. The van der Waals surface area contributed by atoms with E-state index in [1.165, 1.54) is 0 Å². The molecule has 3 heteroatoms. The fourth-order valence-electron chi connectivity index (χ4n) is 1.04. The Kier molecular flexibility index (Phi) is 2.94. The van der Waals surface area contributed by atoms with Crippen LogP contribution in [0.5, 0.6) is 0 Å². The number of benzene rings is 1. The molecule has 3 nitrogen and oxygen atoms in total. The second-order valence-corrected chi connectivity index (χ2v) is 2.47. The third kappa shape index (κ3) is 1.89. The van der Waals surface area contributed by atoms with Crippen molar-refractivity contribution >= 4 is 11.4 Å². The summed E-state index contributed by atoms with van der Waals surface area (Å²) in [5.74, 6) is 0. The Morgan fingerprint density at radius 3 is 2.67 bits per heavy atom. The number of nitrogens with zero attached hydrogens (tertiary/aromatic N) is 1. The highest BCUT2D eigenvalue weighted by molar-refractivity contribution is 5.65. The third-order valence-corrected chi connectivity index (χ3v) is 1.60. The monoisotopic (exact) mass is 166 g/mol. The molecule has 2 N–H and O–H groups in total. The van der Waals surface area contributed by atoms with Gasteiger partial charge in [0.05, 0.1) is 18.0 Å². The maximum atomic E-state index is 5.73. The first kappa shape index (κ1) is 8.87. The van der Waals surface area contributed by atoms with Crippen LogP contribution in [0.3, 0.4) is 0 Å². The summed E-state index contributed by atoms with van der Waals surface area (Å²) in [5.41, 5.74) is 7.36. The van der Waals surface area contributed by atoms with Crippen LogP contribution in [0, 0.1) is 0 Å². The van der Waals surface area contributed by atoms with Crippen LogP contribution < -0.4 is 10.8 Å². The molecule has 0 aliphatic rings. The molecule has 0 unspecified atom stereocenters. The molecule has 0 spiro atoms. The number of hydroxylamine groups is 1. The fourth-order valence-corrected chi connectivity index (χ4v) is 1.04. The number of para-hydroxylation sites is 2. The molecule has 0 amide bonds. The van der Waals surface area contributed by atoms with E-state index in [-0.39, 0.29) is 0 Å². The lowest BCUT2D eigenvalue weighted by Crippen LogP contribution is -2.18. The number of anilines is 2. The Morgan fingerprint density at radius 2 is 2.08 bits per heavy atom. The van der Waals surface area contributed by atoms with E-state index in [9.17, 15) is 0 Å². The van der Waals surface area contributed by atoms with Gasteiger partial charge in [0, 0.05) is 7.05 Å². The van der Waals surface area contributed by atoms with Crippen LogP contribution in [0.15, 0.2) is 24.3 Å². The van der Waals surface area contributed by atoms with E-state index >= 15 is 0 Å². The Bertz CT molecular complexity index is 250. The average Bonchev–Trinajstić information content (AvgIpc) is 2.05. The largest absolute Gasteiger partial charge is 0.397 e. The molecule has 0 fully saturated rings. The van der Waals surface area contributed by atoms with Crippen molar-refractivity contribution in [3.8, 4) is 0 Å². The van der Waals surface area contributed by atoms with Gasteiger partial charge in [-0.2, -0.15) is 0 Å². The lowest BCUT2D eigenvalue weighted by molar-refractivity contribution is 0.135. The van der Waals surface area contributed by atoms with Gasteiger partial charge in [0.1, 0.15) is 0 Å². The minimum atomic E-state index is 0.644. The maximum absolute atomic E-state index is 5.73. The van der Waals surface area contributed by atoms with Crippen molar-refractivity contribution in [1.29, 1.82) is 0 Å². The van der Waals surface area contributed by atoms with E-state index < -0.39 is 0 Å². The molecule has 0 aliphatic carbocycles. The summed E-state index contributed by atoms with van der Waals surface area (Å²) < 4.78 is 0. The first-order valence-electron chi connectivity index (χ1n) is 3.97. The summed E-state index contributed by atoms with van der Waals surface area (Å²) in [6.45, 7) is 2.58. The van der Waals surface area contributed by atoms with E-state index in [1.807, 2.05) is 38.2 Å². The number of hydrogen-bond acceptors (Lipinski definition) is 3. The summed E-state index contributed by atoms with van der Waals surface area (Å²) in [5, 5.41) is 1.68. The van der Waals surface area contributed by atoms with Crippen LogP contribution in [0.2, 0.25) is 0 Å². The molecule has 1 aromatic rings. The van der Waals surface area contributed by atoms with Gasteiger partial charge in [-0.05, 0) is 19.1 Å². The first-order chi connectivity index (χ1) is 5.75. The quantitative estimate of drug-likeness (QED) is 0.548. The lowest BCUT2D eigenvalue weighted by Gasteiger charge is -2.18. The summed E-state index contributed by atoms with van der Waals surface area (Å²) in [4.78, 5) is 5.26. The molecule has 0 aromatic heterocycles. The van der Waals surface area contributed by atoms with Crippen LogP contribution in [-0.4, -0.2) is 13.7 Å². The molecule has 12 heavy (non-hydrogen) atoms. The topological polar surface area (TPSA) is 38.5 Å². The highest BCUT2D eigenvalue weighted by Crippen LogP contribution is 2.20. The van der Waals surface area contributed by atoms with Gasteiger partial charge in [0.15, 0.2) is 0 Å². The summed E-state index contributed by atoms with van der Waals surface area (Å²) >= 11 is 0. The molecule has 0 saturated heterocycles. The second-order valence-electron chi connectivity index (χ2n) is 2.47. The van der Waals surface area contributed by atoms with Gasteiger partial charge in [-0.3, -0.25) is 9.90 Å². The highest BCUT2D eigenvalue weighted by atomic mass is 16.7. The standard InChI is InChI=1S/C9H14N2O/c1-3-12-11(2)9-7-5-4-6-8(9)10/h4-7H,3,10H2,1-2H3. The van der Waals surface area contributed by atoms with Crippen molar-refractivity contribution in [2.45, 2.75) is 6.92 Å². The van der Waals surface area contributed by atoms with Crippen molar-refractivity contribution in [2.24, 2.45) is 0 Å². The minimum absolute atomic E-state index is 0.644. The summed E-state index contributed by atoms with van der Waals surface area (Å²) in [6, 6.07) is 7.61. The van der Waals surface area contributed by atoms with Crippen molar-refractivity contribution in [3.63, 3.8) is 0 Å². The van der Waals surface area contributed by atoms with Crippen molar-refractivity contribution in [2.75, 3.05) is 24.5 Å². The molecule has 0 heterocycles. The molecule has 1 aromatic carbocycles. The zero-order valence-corrected chi connectivity index (χ0v) is 7.45. The molecule has 1 rings (SSSR count). The smallest absolute Gasteiger partial charge is 0.0862 e. The van der Waals surface area contributed by atoms with E-state index in [4.69, 9.17) is 10.6 Å². The molecular formula is C9H14N2O. The van der Waals surface area contributed by atoms with Crippen LogP contribution in [0.4, 0.5) is 11.4 Å². The summed E-state index contributed by atoms with van der Waals surface area (Å²) in [6.07, 6.45) is 0. The van der Waals surface area contributed by atoms with E-state index in [1.54, 1.807) is 5.06 Å². The third-order valence-electron chi connectivity index (χ3n) is 1.60. The summed E-state index contributed by atoms with van der Waals surface area (Å²) in [7, 11) is 1.84. The van der Waals surface area contributed by atoms with E-state index in [2.05, 4.69) is 0 Å². The molecular weight excluding hydrogens is 152 g/mol. The van der Waals surface area contributed by atoms with Gasteiger partial charge < -0.3 is 5.73 Å². The Morgan fingerprint density at radius 1 is 1.42 bits per heavy atom. The Balaban J connectivity index is 2.79. The van der Waals surface area contributed by atoms with E-state index in [0.29, 0.717) is 6.61 Å². The lowest BCUT2D eigenvalue weighted by atomic mass is 10.3. The van der Waals surface area contributed by atoms with Crippen LogP contribution in [0.25, 0.3) is 0 Å².